The molecular weight excluding hydrogens is 252 g/mol. The highest BCUT2D eigenvalue weighted by atomic mass is 16.5. The molecule has 1 aliphatic heterocycles. The van der Waals surface area contributed by atoms with Gasteiger partial charge in [-0.25, -0.2) is 0 Å². The van der Waals surface area contributed by atoms with E-state index in [9.17, 15) is 4.79 Å². The lowest BCUT2D eigenvalue weighted by molar-refractivity contribution is 0.0347. The number of carbonyl (C=O) groups excluding carboxylic acids is 1. The Balaban J connectivity index is 2.00. The van der Waals surface area contributed by atoms with Gasteiger partial charge in [0.2, 0.25) is 0 Å². The predicted octanol–water partition coefficient (Wildman–Crippen LogP) is 3.19. The third kappa shape index (κ3) is 2.21. The van der Waals surface area contributed by atoms with Crippen LogP contribution in [0.2, 0.25) is 0 Å². The van der Waals surface area contributed by atoms with E-state index >= 15 is 0 Å². The highest BCUT2D eigenvalue weighted by molar-refractivity contribution is 6.02. The molecule has 1 atom stereocenters. The van der Waals surface area contributed by atoms with Gasteiger partial charge < -0.3 is 9.47 Å². The van der Waals surface area contributed by atoms with Gasteiger partial charge in [0.25, 0.3) is 0 Å². The fraction of sp³-hybridized carbons (Fsp3) is 0.235. The second-order valence-corrected chi connectivity index (χ2v) is 4.76. The van der Waals surface area contributed by atoms with Gasteiger partial charge in [-0.3, -0.25) is 4.79 Å². The van der Waals surface area contributed by atoms with E-state index in [1.54, 1.807) is 19.2 Å². The molecule has 2 aromatic carbocycles. The molecule has 0 spiro atoms. The minimum atomic E-state index is -0.531. The van der Waals surface area contributed by atoms with Crippen molar-refractivity contribution in [1.29, 1.82) is 0 Å². The molecule has 3 rings (SSSR count). The van der Waals surface area contributed by atoms with Crippen molar-refractivity contribution < 1.29 is 14.3 Å². The molecule has 1 aliphatic rings. The van der Waals surface area contributed by atoms with Crippen LogP contribution in [0.25, 0.3) is 0 Å². The minimum Gasteiger partial charge on any atom is -0.496 e. The second kappa shape index (κ2) is 5.47. The fourth-order valence-corrected chi connectivity index (χ4v) is 2.60. The van der Waals surface area contributed by atoms with Crippen LogP contribution in [-0.2, 0) is 11.2 Å². The van der Waals surface area contributed by atoms with Crippen LogP contribution in [-0.4, -0.2) is 19.5 Å². The van der Waals surface area contributed by atoms with E-state index in [1.165, 1.54) is 5.56 Å². The maximum absolute atomic E-state index is 12.7. The maximum Gasteiger partial charge on any atom is 0.199 e. The SMILES string of the molecule is COc1ccccc1C(=O)C1OCCc2ccccc21. The topological polar surface area (TPSA) is 35.5 Å². The summed E-state index contributed by atoms with van der Waals surface area (Å²) in [6.07, 6.45) is 0.322. The van der Waals surface area contributed by atoms with Crippen LogP contribution in [0.4, 0.5) is 0 Å². The Morgan fingerprint density at radius 3 is 2.75 bits per heavy atom. The molecule has 0 radical (unpaired) electrons. The van der Waals surface area contributed by atoms with Crippen molar-refractivity contribution in [3.8, 4) is 5.75 Å². The second-order valence-electron chi connectivity index (χ2n) is 4.76. The van der Waals surface area contributed by atoms with E-state index in [0.717, 1.165) is 12.0 Å². The van der Waals surface area contributed by atoms with Crippen molar-refractivity contribution >= 4 is 5.78 Å². The van der Waals surface area contributed by atoms with Gasteiger partial charge in [-0.1, -0.05) is 36.4 Å². The van der Waals surface area contributed by atoms with Crippen LogP contribution in [0.1, 0.15) is 27.6 Å². The number of hydrogen-bond acceptors (Lipinski definition) is 3. The summed E-state index contributed by atoms with van der Waals surface area (Å²) in [4.78, 5) is 12.7. The van der Waals surface area contributed by atoms with Crippen molar-refractivity contribution in [3.63, 3.8) is 0 Å². The molecule has 1 unspecified atom stereocenters. The molecule has 0 fully saturated rings. The first kappa shape index (κ1) is 12.9. The fourth-order valence-electron chi connectivity index (χ4n) is 2.60. The third-order valence-corrected chi connectivity index (χ3v) is 3.60. The van der Waals surface area contributed by atoms with Crippen molar-refractivity contribution in [2.75, 3.05) is 13.7 Å². The highest BCUT2D eigenvalue weighted by Crippen LogP contribution is 2.32. The molecule has 3 heteroatoms. The van der Waals surface area contributed by atoms with E-state index in [2.05, 4.69) is 6.07 Å². The molecule has 0 saturated heterocycles. The summed E-state index contributed by atoms with van der Waals surface area (Å²) in [5.74, 6) is 0.541. The smallest absolute Gasteiger partial charge is 0.199 e. The van der Waals surface area contributed by atoms with Crippen LogP contribution in [0.3, 0.4) is 0 Å². The summed E-state index contributed by atoms with van der Waals surface area (Å²) in [7, 11) is 1.57. The number of benzene rings is 2. The normalized spacial score (nSPS) is 17.4. The van der Waals surface area contributed by atoms with Crippen LogP contribution >= 0.6 is 0 Å². The zero-order valence-corrected chi connectivity index (χ0v) is 11.3. The molecule has 0 aliphatic carbocycles. The summed E-state index contributed by atoms with van der Waals surface area (Å²) < 4.78 is 11.0. The Bertz CT molecular complexity index is 634. The van der Waals surface area contributed by atoms with Crippen molar-refractivity contribution in [2.45, 2.75) is 12.5 Å². The van der Waals surface area contributed by atoms with E-state index in [4.69, 9.17) is 9.47 Å². The van der Waals surface area contributed by atoms with Crippen LogP contribution in [0.15, 0.2) is 48.5 Å². The molecule has 102 valence electrons. The third-order valence-electron chi connectivity index (χ3n) is 3.60. The van der Waals surface area contributed by atoms with Gasteiger partial charge >= 0.3 is 0 Å². The Morgan fingerprint density at radius 2 is 1.90 bits per heavy atom. The molecule has 3 nitrogen and oxygen atoms in total. The van der Waals surface area contributed by atoms with Gasteiger partial charge in [-0.15, -0.1) is 0 Å². The monoisotopic (exact) mass is 268 g/mol. The summed E-state index contributed by atoms with van der Waals surface area (Å²) in [5, 5.41) is 0. The quantitative estimate of drug-likeness (QED) is 0.802. The summed E-state index contributed by atoms with van der Waals surface area (Å²) in [5.41, 5.74) is 2.72. The number of rotatable bonds is 3. The van der Waals surface area contributed by atoms with E-state index in [-0.39, 0.29) is 5.78 Å². The Morgan fingerprint density at radius 1 is 1.15 bits per heavy atom. The van der Waals surface area contributed by atoms with E-state index < -0.39 is 6.10 Å². The number of fused-ring (bicyclic) bond motifs is 1. The number of ketones is 1. The first-order valence-electron chi connectivity index (χ1n) is 6.68. The maximum atomic E-state index is 12.7. The summed E-state index contributed by atoms with van der Waals surface area (Å²) in [6.45, 7) is 0.572. The number of carbonyl (C=O) groups is 1. The lowest BCUT2D eigenvalue weighted by Crippen LogP contribution is -2.23. The Hall–Kier alpha value is -2.13. The molecular formula is C17H16O3. The van der Waals surface area contributed by atoms with Gasteiger partial charge in [0, 0.05) is 0 Å². The Labute approximate surface area is 118 Å². The van der Waals surface area contributed by atoms with Gasteiger partial charge in [-0.2, -0.15) is 0 Å². The van der Waals surface area contributed by atoms with E-state index in [0.29, 0.717) is 17.9 Å². The van der Waals surface area contributed by atoms with Crippen LogP contribution < -0.4 is 4.74 Å². The van der Waals surface area contributed by atoms with E-state index in [1.807, 2.05) is 30.3 Å². The van der Waals surface area contributed by atoms with Crippen molar-refractivity contribution in [2.24, 2.45) is 0 Å². The zero-order valence-electron chi connectivity index (χ0n) is 11.3. The number of hydrogen-bond donors (Lipinski definition) is 0. The molecule has 0 saturated carbocycles. The molecule has 0 bridgehead atoms. The van der Waals surface area contributed by atoms with Gasteiger partial charge in [0.05, 0.1) is 19.3 Å². The average Bonchev–Trinajstić information content (AvgIpc) is 2.53. The van der Waals surface area contributed by atoms with Crippen LogP contribution in [0, 0.1) is 0 Å². The molecule has 20 heavy (non-hydrogen) atoms. The molecule has 0 amide bonds. The first-order valence-corrected chi connectivity index (χ1v) is 6.68. The number of Topliss-reactive ketones (excluding diaryl/α,β-unsaturated/α-hetero) is 1. The summed E-state index contributed by atoms with van der Waals surface area (Å²) >= 11 is 0. The summed E-state index contributed by atoms with van der Waals surface area (Å²) in [6, 6.07) is 15.2. The lowest BCUT2D eigenvalue weighted by atomic mass is 9.92. The molecule has 0 N–H and O–H groups in total. The molecule has 0 aromatic heterocycles. The average molecular weight is 268 g/mol. The van der Waals surface area contributed by atoms with Crippen molar-refractivity contribution in [3.05, 3.63) is 65.2 Å². The molecule has 1 heterocycles. The van der Waals surface area contributed by atoms with Crippen molar-refractivity contribution in [1.82, 2.24) is 0 Å². The number of para-hydroxylation sites is 1. The van der Waals surface area contributed by atoms with Gasteiger partial charge in [0.15, 0.2) is 5.78 Å². The van der Waals surface area contributed by atoms with Gasteiger partial charge in [0.1, 0.15) is 11.9 Å². The highest BCUT2D eigenvalue weighted by Gasteiger charge is 2.29. The molecule has 2 aromatic rings. The largest absolute Gasteiger partial charge is 0.496 e. The predicted molar refractivity (Wildman–Crippen MR) is 76.2 cm³/mol. The minimum absolute atomic E-state index is 0.0467. The number of ether oxygens (including phenoxy) is 2. The van der Waals surface area contributed by atoms with Crippen LogP contribution in [0.5, 0.6) is 5.75 Å². The zero-order chi connectivity index (χ0) is 13.9. The first-order chi connectivity index (χ1) is 9.81. The number of methoxy groups -OCH3 is 1. The standard InChI is InChI=1S/C17H16O3/c1-19-15-9-5-4-8-14(15)16(18)17-13-7-3-2-6-12(13)10-11-20-17/h2-9,17H,10-11H2,1H3. The van der Waals surface area contributed by atoms with Gasteiger partial charge in [-0.05, 0) is 29.7 Å². The Kier molecular flexibility index (Phi) is 3.52. The lowest BCUT2D eigenvalue weighted by Gasteiger charge is -2.25.